The monoisotopic (exact) mass is 396 g/mol. The highest BCUT2D eigenvalue weighted by molar-refractivity contribution is 5.83. The normalized spacial score (nSPS) is 19.1. The van der Waals surface area contributed by atoms with Gasteiger partial charge < -0.3 is 0 Å². The molecule has 0 heterocycles. The standard InChI is InChI=1S/C25H20F4/c1-15-10-22(26)21(23(27)11-15)9-4-16-2-5-17(6-3-16)18-7-8-19-13-24(28)25(29)14-20(19)12-18/h7-8,10-14,16-17H,2-3,5-6H2,1H3. The van der Waals surface area contributed by atoms with Gasteiger partial charge in [0.05, 0.1) is 5.56 Å². The molecule has 0 spiro atoms. The Morgan fingerprint density at radius 3 is 2.00 bits per heavy atom. The topological polar surface area (TPSA) is 0 Å². The number of hydrogen-bond acceptors (Lipinski definition) is 0. The molecule has 0 nitrogen and oxygen atoms in total. The first kappa shape index (κ1) is 19.5. The van der Waals surface area contributed by atoms with Gasteiger partial charge in [-0.05, 0) is 84.7 Å². The van der Waals surface area contributed by atoms with Crippen molar-refractivity contribution < 1.29 is 17.6 Å². The first-order chi connectivity index (χ1) is 13.9. The van der Waals surface area contributed by atoms with Gasteiger partial charge in [-0.2, -0.15) is 0 Å². The zero-order valence-electron chi connectivity index (χ0n) is 16.0. The fourth-order valence-electron chi connectivity index (χ4n) is 4.08. The first-order valence-corrected chi connectivity index (χ1v) is 9.76. The summed E-state index contributed by atoms with van der Waals surface area (Å²) in [6.45, 7) is 1.64. The quantitative estimate of drug-likeness (QED) is 0.306. The van der Waals surface area contributed by atoms with Crippen molar-refractivity contribution in [3.05, 3.63) is 82.4 Å². The molecule has 1 fully saturated rings. The van der Waals surface area contributed by atoms with Crippen LogP contribution in [0.2, 0.25) is 0 Å². The van der Waals surface area contributed by atoms with Gasteiger partial charge in [-0.25, -0.2) is 17.6 Å². The molecule has 0 amide bonds. The van der Waals surface area contributed by atoms with Gasteiger partial charge in [-0.3, -0.25) is 0 Å². The van der Waals surface area contributed by atoms with E-state index in [9.17, 15) is 17.6 Å². The molecular formula is C25H20F4. The molecule has 4 rings (SSSR count). The number of aryl methyl sites for hydroxylation is 1. The summed E-state index contributed by atoms with van der Waals surface area (Å²) >= 11 is 0. The highest BCUT2D eigenvalue weighted by atomic mass is 19.2. The van der Waals surface area contributed by atoms with E-state index in [1.807, 2.05) is 18.2 Å². The molecule has 0 saturated heterocycles. The third-order valence-electron chi connectivity index (χ3n) is 5.69. The second-order valence-electron chi connectivity index (χ2n) is 7.79. The maximum Gasteiger partial charge on any atom is 0.159 e. The van der Waals surface area contributed by atoms with Crippen LogP contribution >= 0.6 is 0 Å². The van der Waals surface area contributed by atoms with Crippen LogP contribution in [0, 0.1) is 48.0 Å². The lowest BCUT2D eigenvalue weighted by Gasteiger charge is -2.26. The molecule has 0 bridgehead atoms. The highest BCUT2D eigenvalue weighted by Gasteiger charge is 2.22. The minimum Gasteiger partial charge on any atom is -0.206 e. The van der Waals surface area contributed by atoms with Gasteiger partial charge in [0.25, 0.3) is 0 Å². The van der Waals surface area contributed by atoms with E-state index in [1.165, 1.54) is 24.3 Å². The minimum absolute atomic E-state index is 0.0957. The lowest BCUT2D eigenvalue weighted by molar-refractivity contribution is 0.385. The smallest absolute Gasteiger partial charge is 0.159 e. The Balaban J connectivity index is 1.47. The van der Waals surface area contributed by atoms with Crippen molar-refractivity contribution in [2.45, 2.75) is 38.5 Å². The van der Waals surface area contributed by atoms with Crippen molar-refractivity contribution in [1.29, 1.82) is 0 Å². The van der Waals surface area contributed by atoms with Crippen molar-refractivity contribution in [2.24, 2.45) is 5.92 Å². The van der Waals surface area contributed by atoms with E-state index in [4.69, 9.17) is 0 Å². The Bertz CT molecular complexity index is 1110. The Morgan fingerprint density at radius 1 is 0.724 bits per heavy atom. The van der Waals surface area contributed by atoms with Crippen LogP contribution in [0.5, 0.6) is 0 Å². The van der Waals surface area contributed by atoms with Gasteiger partial charge in [0, 0.05) is 5.92 Å². The van der Waals surface area contributed by atoms with Gasteiger partial charge in [-0.1, -0.05) is 30.0 Å². The summed E-state index contributed by atoms with van der Waals surface area (Å²) in [6.07, 6.45) is 3.46. The highest BCUT2D eigenvalue weighted by Crippen LogP contribution is 2.36. The van der Waals surface area contributed by atoms with E-state index in [-0.39, 0.29) is 11.5 Å². The minimum atomic E-state index is -0.843. The van der Waals surface area contributed by atoms with E-state index >= 15 is 0 Å². The largest absolute Gasteiger partial charge is 0.206 e. The van der Waals surface area contributed by atoms with Crippen LogP contribution in [0.15, 0.2) is 42.5 Å². The van der Waals surface area contributed by atoms with Gasteiger partial charge in [-0.15, -0.1) is 0 Å². The summed E-state index contributed by atoms with van der Waals surface area (Å²) in [6, 6.07) is 10.7. The second kappa shape index (κ2) is 7.91. The Kier molecular flexibility index (Phi) is 5.32. The predicted molar refractivity (Wildman–Crippen MR) is 107 cm³/mol. The average molecular weight is 396 g/mol. The van der Waals surface area contributed by atoms with Crippen molar-refractivity contribution in [2.75, 3.05) is 0 Å². The fraction of sp³-hybridized carbons (Fsp3) is 0.280. The molecule has 1 saturated carbocycles. The molecule has 1 aliphatic carbocycles. The van der Waals surface area contributed by atoms with Crippen molar-refractivity contribution in [1.82, 2.24) is 0 Å². The maximum atomic E-state index is 13.9. The van der Waals surface area contributed by atoms with E-state index in [1.54, 1.807) is 6.92 Å². The third kappa shape index (κ3) is 4.15. The van der Waals surface area contributed by atoms with Crippen molar-refractivity contribution in [3.63, 3.8) is 0 Å². The molecule has 3 aromatic rings. The van der Waals surface area contributed by atoms with Gasteiger partial charge in [0.15, 0.2) is 11.6 Å². The molecule has 0 unspecified atom stereocenters. The molecular weight excluding hydrogens is 376 g/mol. The number of halogens is 4. The molecule has 0 N–H and O–H groups in total. The number of rotatable bonds is 1. The molecule has 29 heavy (non-hydrogen) atoms. The molecule has 3 aromatic carbocycles. The Morgan fingerprint density at radius 2 is 1.34 bits per heavy atom. The molecule has 0 aromatic heterocycles. The molecule has 0 atom stereocenters. The summed E-state index contributed by atoms with van der Waals surface area (Å²) in [5.74, 6) is 3.21. The summed E-state index contributed by atoms with van der Waals surface area (Å²) in [7, 11) is 0. The van der Waals surface area contributed by atoms with Crippen LogP contribution in [0.25, 0.3) is 10.8 Å². The molecule has 0 radical (unpaired) electrons. The van der Waals surface area contributed by atoms with Crippen LogP contribution < -0.4 is 0 Å². The zero-order valence-corrected chi connectivity index (χ0v) is 16.0. The molecule has 148 valence electrons. The summed E-state index contributed by atoms with van der Waals surface area (Å²) in [5, 5.41) is 1.36. The van der Waals surface area contributed by atoms with Crippen molar-refractivity contribution >= 4 is 10.8 Å². The average Bonchev–Trinajstić information content (AvgIpc) is 2.68. The van der Waals surface area contributed by atoms with Crippen LogP contribution in [0.3, 0.4) is 0 Å². The zero-order chi connectivity index (χ0) is 20.5. The van der Waals surface area contributed by atoms with E-state index in [0.29, 0.717) is 22.3 Å². The Labute approximate surface area is 167 Å². The first-order valence-electron chi connectivity index (χ1n) is 9.76. The lowest BCUT2D eigenvalue weighted by Crippen LogP contribution is -2.12. The van der Waals surface area contributed by atoms with Gasteiger partial charge in [0.1, 0.15) is 11.6 Å². The van der Waals surface area contributed by atoms with Crippen LogP contribution in [0.4, 0.5) is 17.6 Å². The third-order valence-corrected chi connectivity index (χ3v) is 5.69. The summed E-state index contributed by atoms with van der Waals surface area (Å²) < 4.78 is 54.8. The summed E-state index contributed by atoms with van der Waals surface area (Å²) in [4.78, 5) is 0. The lowest BCUT2D eigenvalue weighted by atomic mass is 9.78. The van der Waals surface area contributed by atoms with E-state index < -0.39 is 23.3 Å². The molecule has 0 aliphatic heterocycles. The van der Waals surface area contributed by atoms with E-state index in [2.05, 4.69) is 11.8 Å². The number of fused-ring (bicyclic) bond motifs is 1. The second-order valence-corrected chi connectivity index (χ2v) is 7.79. The number of benzene rings is 3. The maximum absolute atomic E-state index is 13.9. The van der Waals surface area contributed by atoms with Crippen LogP contribution in [0.1, 0.15) is 48.3 Å². The number of hydrogen-bond donors (Lipinski definition) is 0. The van der Waals surface area contributed by atoms with E-state index in [0.717, 1.165) is 31.2 Å². The van der Waals surface area contributed by atoms with Crippen molar-refractivity contribution in [3.8, 4) is 11.8 Å². The fourth-order valence-corrected chi connectivity index (χ4v) is 4.08. The Hall–Kier alpha value is -2.80. The van der Waals surface area contributed by atoms with Gasteiger partial charge in [0.2, 0.25) is 0 Å². The summed E-state index contributed by atoms with van der Waals surface area (Å²) in [5.41, 5.74) is 1.47. The van der Waals surface area contributed by atoms with Gasteiger partial charge >= 0.3 is 0 Å². The SMILES string of the molecule is Cc1cc(F)c(C#CC2CCC(c3ccc4cc(F)c(F)cc4c3)CC2)c(F)c1. The molecule has 1 aliphatic rings. The molecule has 4 heteroatoms. The van der Waals surface area contributed by atoms with Crippen LogP contribution in [-0.2, 0) is 0 Å². The van der Waals surface area contributed by atoms with Crippen LogP contribution in [-0.4, -0.2) is 0 Å². The predicted octanol–water partition coefficient (Wildman–Crippen LogP) is 7.03.